The van der Waals surface area contributed by atoms with E-state index in [0.717, 1.165) is 36.3 Å². The Morgan fingerprint density at radius 2 is 1.09 bits per heavy atom. The SMILES string of the molecule is CC(C)(C)c1ccc2c(c1)c1cc(C(C)(C)C)ccc1n2-c1ccc(C#Cc2ccc(-c3ccc(C#Cc4ccc(/C=C(/C#N)C(=O)O)cc4)s3)s2)cc1. The Morgan fingerprint density at radius 1 is 0.630 bits per heavy atom. The molecule has 0 aliphatic heterocycles. The van der Waals surface area contributed by atoms with Gasteiger partial charge in [-0.25, -0.2) is 4.79 Å². The highest BCUT2D eigenvalue weighted by Gasteiger charge is 2.20. The van der Waals surface area contributed by atoms with Gasteiger partial charge >= 0.3 is 5.97 Å². The van der Waals surface area contributed by atoms with Gasteiger partial charge in [0, 0.05) is 37.3 Å². The lowest BCUT2D eigenvalue weighted by Crippen LogP contribution is -2.10. The maximum atomic E-state index is 11.1. The summed E-state index contributed by atoms with van der Waals surface area (Å²) < 4.78 is 2.37. The molecule has 3 aromatic heterocycles. The first-order valence-electron chi connectivity index (χ1n) is 17.7. The van der Waals surface area contributed by atoms with Crippen molar-refractivity contribution in [1.82, 2.24) is 4.57 Å². The standard InChI is InChI=1S/C48H38N2O2S2/c1-47(2,3)35-15-23-42-40(28-35)41-29-36(48(4,5)6)16-24-43(41)50(42)37-17-11-32(12-18-37)14-20-39-22-26-45(54-39)44-25-21-38(53-44)19-13-31-7-9-33(10-8-31)27-34(30-49)46(51)52/h7-12,15-18,21-29H,1-6H3,(H,51,52)/b34-27-. The van der Waals surface area contributed by atoms with Crippen LogP contribution in [0.1, 0.15) is 79.1 Å². The number of hydrogen-bond acceptors (Lipinski definition) is 4. The second-order valence-corrected chi connectivity index (χ2v) is 17.4. The van der Waals surface area contributed by atoms with E-state index in [1.165, 1.54) is 39.0 Å². The Kier molecular flexibility index (Phi) is 9.66. The lowest BCUT2D eigenvalue weighted by molar-refractivity contribution is -0.132. The van der Waals surface area contributed by atoms with Gasteiger partial charge in [0.1, 0.15) is 11.6 Å². The minimum atomic E-state index is -1.24. The number of carboxylic acids is 1. The van der Waals surface area contributed by atoms with Gasteiger partial charge in [-0.2, -0.15) is 5.26 Å². The molecule has 1 N–H and O–H groups in total. The molecule has 3 heterocycles. The zero-order chi connectivity index (χ0) is 38.2. The summed E-state index contributed by atoms with van der Waals surface area (Å²) in [5.41, 5.74) is 8.39. The minimum absolute atomic E-state index is 0.0582. The predicted molar refractivity (Wildman–Crippen MR) is 225 cm³/mol. The lowest BCUT2D eigenvalue weighted by atomic mass is 9.85. The number of carboxylic acid groups (broad SMARTS) is 1. The van der Waals surface area contributed by atoms with E-state index in [-0.39, 0.29) is 16.4 Å². The van der Waals surface area contributed by atoms with E-state index in [4.69, 9.17) is 10.4 Å². The third kappa shape index (κ3) is 7.66. The Morgan fingerprint density at radius 3 is 1.52 bits per heavy atom. The number of aliphatic carboxylic acids is 1. The summed E-state index contributed by atoms with van der Waals surface area (Å²) in [7, 11) is 0. The number of thiophene rings is 2. The highest BCUT2D eigenvalue weighted by molar-refractivity contribution is 7.22. The summed E-state index contributed by atoms with van der Waals surface area (Å²) in [6.07, 6.45) is 1.35. The van der Waals surface area contributed by atoms with Crippen molar-refractivity contribution in [3.63, 3.8) is 0 Å². The Labute approximate surface area is 324 Å². The zero-order valence-electron chi connectivity index (χ0n) is 31.0. The van der Waals surface area contributed by atoms with E-state index in [1.54, 1.807) is 40.9 Å². The van der Waals surface area contributed by atoms with E-state index in [2.05, 4.69) is 149 Å². The number of carbonyl (C=O) groups is 1. The molecule has 54 heavy (non-hydrogen) atoms. The van der Waals surface area contributed by atoms with Crippen LogP contribution >= 0.6 is 22.7 Å². The highest BCUT2D eigenvalue weighted by Crippen LogP contribution is 2.38. The summed E-state index contributed by atoms with van der Waals surface area (Å²) in [6, 6.07) is 39.5. The first-order chi connectivity index (χ1) is 25.8. The Hall–Kier alpha value is -6.10. The van der Waals surface area contributed by atoms with Crippen molar-refractivity contribution in [2.45, 2.75) is 52.4 Å². The fourth-order valence-corrected chi connectivity index (χ4v) is 8.05. The van der Waals surface area contributed by atoms with Gasteiger partial charge in [-0.3, -0.25) is 0 Å². The number of fused-ring (bicyclic) bond motifs is 3. The largest absolute Gasteiger partial charge is 0.477 e. The molecule has 0 fully saturated rings. The number of benzene rings is 4. The molecule has 0 spiro atoms. The summed E-state index contributed by atoms with van der Waals surface area (Å²) in [5.74, 6) is 11.9. The van der Waals surface area contributed by atoms with Crippen LogP contribution in [0, 0.1) is 35.0 Å². The number of aromatic nitrogens is 1. The van der Waals surface area contributed by atoms with E-state index in [9.17, 15) is 4.79 Å². The smallest absolute Gasteiger partial charge is 0.346 e. The summed E-state index contributed by atoms with van der Waals surface area (Å²) in [4.78, 5) is 15.3. The summed E-state index contributed by atoms with van der Waals surface area (Å²) >= 11 is 3.30. The molecule has 7 rings (SSSR count). The first kappa shape index (κ1) is 36.3. The molecule has 0 aliphatic rings. The monoisotopic (exact) mass is 738 g/mol. The van der Waals surface area contributed by atoms with Gasteiger partial charge in [-0.05, 0) is 119 Å². The maximum Gasteiger partial charge on any atom is 0.346 e. The number of hydrogen-bond donors (Lipinski definition) is 1. The molecule has 7 aromatic rings. The topological polar surface area (TPSA) is 66.0 Å². The van der Waals surface area contributed by atoms with Crippen LogP contribution < -0.4 is 0 Å². The molecule has 0 saturated carbocycles. The van der Waals surface area contributed by atoms with Crippen molar-refractivity contribution < 1.29 is 9.90 Å². The van der Waals surface area contributed by atoms with E-state index in [0.29, 0.717) is 5.56 Å². The van der Waals surface area contributed by atoms with Crippen LogP contribution in [-0.2, 0) is 15.6 Å². The lowest BCUT2D eigenvalue weighted by Gasteiger charge is -2.19. The van der Waals surface area contributed by atoms with Crippen LogP contribution in [0.4, 0.5) is 0 Å². The van der Waals surface area contributed by atoms with Crippen LogP contribution in [0.25, 0.3) is 43.3 Å². The van der Waals surface area contributed by atoms with Crippen molar-refractivity contribution in [3.8, 4) is 45.2 Å². The van der Waals surface area contributed by atoms with Gasteiger partial charge in [0.15, 0.2) is 0 Å². The van der Waals surface area contributed by atoms with Crippen LogP contribution in [0.3, 0.4) is 0 Å². The molecule has 4 aromatic carbocycles. The van der Waals surface area contributed by atoms with Crippen LogP contribution in [0.15, 0.2) is 115 Å². The minimum Gasteiger partial charge on any atom is -0.477 e. The third-order valence-corrected chi connectivity index (χ3v) is 11.5. The molecule has 0 atom stereocenters. The molecule has 6 heteroatoms. The van der Waals surface area contributed by atoms with Crippen LogP contribution in [0.5, 0.6) is 0 Å². The van der Waals surface area contributed by atoms with Gasteiger partial charge in [-0.1, -0.05) is 89.5 Å². The van der Waals surface area contributed by atoms with Crippen molar-refractivity contribution >= 4 is 56.5 Å². The van der Waals surface area contributed by atoms with Gasteiger partial charge in [-0.15, -0.1) is 22.7 Å². The van der Waals surface area contributed by atoms with Gasteiger partial charge in [0.05, 0.1) is 20.8 Å². The Balaban J connectivity index is 1.09. The first-order valence-corrected chi connectivity index (χ1v) is 19.3. The molecular weight excluding hydrogens is 701 g/mol. The van der Waals surface area contributed by atoms with Gasteiger partial charge in [0.25, 0.3) is 0 Å². The van der Waals surface area contributed by atoms with Crippen molar-refractivity contribution in [3.05, 3.63) is 152 Å². The summed E-state index contributed by atoms with van der Waals surface area (Å²) in [6.45, 7) is 13.6. The number of nitrogens with zero attached hydrogens (tertiary/aromatic N) is 2. The molecule has 0 amide bonds. The second kappa shape index (κ2) is 14.4. The molecule has 0 aliphatic carbocycles. The molecule has 0 saturated heterocycles. The normalized spacial score (nSPS) is 11.8. The molecule has 4 nitrogen and oxygen atoms in total. The number of rotatable bonds is 4. The van der Waals surface area contributed by atoms with E-state index in [1.807, 2.05) is 18.2 Å². The maximum absolute atomic E-state index is 11.1. The fourth-order valence-electron chi connectivity index (χ4n) is 6.24. The average Bonchev–Trinajstić information content (AvgIpc) is 3.89. The van der Waals surface area contributed by atoms with Gasteiger partial charge in [0.2, 0.25) is 0 Å². The fraction of sp³-hybridized carbons (Fsp3) is 0.167. The van der Waals surface area contributed by atoms with Crippen molar-refractivity contribution in [2.24, 2.45) is 0 Å². The van der Waals surface area contributed by atoms with Gasteiger partial charge < -0.3 is 9.67 Å². The molecule has 264 valence electrons. The molecular formula is C48H38N2O2S2. The molecule has 0 bridgehead atoms. The molecule has 0 radical (unpaired) electrons. The van der Waals surface area contributed by atoms with Crippen molar-refractivity contribution in [2.75, 3.05) is 0 Å². The van der Waals surface area contributed by atoms with E-state index >= 15 is 0 Å². The zero-order valence-corrected chi connectivity index (χ0v) is 32.7. The highest BCUT2D eigenvalue weighted by atomic mass is 32.1. The quantitative estimate of drug-likeness (QED) is 0.111. The third-order valence-electron chi connectivity index (χ3n) is 9.31. The molecule has 0 unspecified atom stereocenters. The summed E-state index contributed by atoms with van der Waals surface area (Å²) in [5, 5.41) is 20.6. The van der Waals surface area contributed by atoms with Crippen molar-refractivity contribution in [1.29, 1.82) is 5.26 Å². The van der Waals surface area contributed by atoms with Crippen LogP contribution in [0.2, 0.25) is 0 Å². The second-order valence-electron chi connectivity index (χ2n) is 15.3. The average molecular weight is 739 g/mol. The van der Waals surface area contributed by atoms with Crippen LogP contribution in [-0.4, -0.2) is 15.6 Å². The predicted octanol–water partition coefficient (Wildman–Crippen LogP) is 12.0. The number of nitriles is 1. The van der Waals surface area contributed by atoms with E-state index < -0.39 is 5.97 Å². The Bertz CT molecular complexity index is 2690.